The van der Waals surface area contributed by atoms with Crippen LogP contribution in [0.25, 0.3) is 0 Å². The van der Waals surface area contributed by atoms with Crippen molar-refractivity contribution < 1.29 is 4.79 Å². The zero-order valence-corrected chi connectivity index (χ0v) is 14.1. The summed E-state index contributed by atoms with van der Waals surface area (Å²) in [5.41, 5.74) is 0.0498. The summed E-state index contributed by atoms with van der Waals surface area (Å²) in [4.78, 5) is 42.0. The van der Waals surface area contributed by atoms with Gasteiger partial charge in [0.25, 0.3) is 5.56 Å². The molecule has 2 aromatic rings. The highest BCUT2D eigenvalue weighted by atomic mass is 16.2. The molecule has 1 aliphatic rings. The number of aromatic nitrogens is 3. The molecule has 0 atom stereocenters. The predicted molar refractivity (Wildman–Crippen MR) is 93.5 cm³/mol. The highest BCUT2D eigenvalue weighted by molar-refractivity contribution is 5.75. The predicted octanol–water partition coefficient (Wildman–Crippen LogP) is -0.141. The molecule has 0 aromatic carbocycles. The Kier molecular flexibility index (Phi) is 4.97. The molecule has 8 nitrogen and oxygen atoms in total. The summed E-state index contributed by atoms with van der Waals surface area (Å²) in [5, 5.41) is 2.79. The minimum Gasteiger partial charge on any atom is -0.357 e. The third-order valence-corrected chi connectivity index (χ3v) is 4.30. The van der Waals surface area contributed by atoms with Crippen molar-refractivity contribution in [1.29, 1.82) is 0 Å². The maximum absolute atomic E-state index is 12.1. The summed E-state index contributed by atoms with van der Waals surface area (Å²) in [6.45, 7) is 2.26. The third-order valence-electron chi connectivity index (χ3n) is 4.30. The van der Waals surface area contributed by atoms with Gasteiger partial charge in [-0.25, -0.2) is 9.78 Å². The molecule has 2 aromatic heterocycles. The van der Waals surface area contributed by atoms with E-state index in [0.29, 0.717) is 6.54 Å². The van der Waals surface area contributed by atoms with Crippen LogP contribution >= 0.6 is 0 Å². The number of rotatable bonds is 5. The van der Waals surface area contributed by atoms with Gasteiger partial charge in [-0.3, -0.25) is 18.7 Å². The Morgan fingerprint density at radius 2 is 2.00 bits per heavy atom. The summed E-state index contributed by atoms with van der Waals surface area (Å²) < 4.78 is 2.18. The minimum atomic E-state index is -0.511. The molecular formula is C17H21N5O3. The number of anilines is 1. The standard InChI is InChI=1S/C17H21N5O3/c1-20-16(24)5-9-22(17(20)25)12-15(23)19-11-13-4-6-18-14(10-13)21-7-2-3-8-21/h4-6,9-10H,2-3,7-8,11-12H2,1H3,(H,19,23). The van der Waals surface area contributed by atoms with Crippen LogP contribution in [0.2, 0.25) is 0 Å². The second-order valence-corrected chi connectivity index (χ2v) is 6.12. The molecule has 1 fully saturated rings. The van der Waals surface area contributed by atoms with Crippen molar-refractivity contribution in [3.63, 3.8) is 0 Å². The first-order valence-electron chi connectivity index (χ1n) is 8.27. The Balaban J connectivity index is 1.61. The lowest BCUT2D eigenvalue weighted by molar-refractivity contribution is -0.121. The van der Waals surface area contributed by atoms with Crippen molar-refractivity contribution in [2.24, 2.45) is 7.05 Å². The number of hydrogen-bond acceptors (Lipinski definition) is 5. The molecule has 0 spiro atoms. The van der Waals surface area contributed by atoms with Crippen LogP contribution in [0.4, 0.5) is 5.82 Å². The summed E-state index contributed by atoms with van der Waals surface area (Å²) in [6.07, 6.45) is 5.43. The van der Waals surface area contributed by atoms with Gasteiger partial charge in [0.2, 0.25) is 5.91 Å². The number of amides is 1. The van der Waals surface area contributed by atoms with Crippen LogP contribution in [0.15, 0.2) is 40.2 Å². The molecule has 0 bridgehead atoms. The van der Waals surface area contributed by atoms with Crippen LogP contribution in [0.3, 0.4) is 0 Å². The molecule has 3 rings (SSSR count). The minimum absolute atomic E-state index is 0.128. The lowest BCUT2D eigenvalue weighted by Crippen LogP contribution is -2.40. The van der Waals surface area contributed by atoms with Crippen LogP contribution in [0.5, 0.6) is 0 Å². The van der Waals surface area contributed by atoms with Gasteiger partial charge >= 0.3 is 5.69 Å². The van der Waals surface area contributed by atoms with Gasteiger partial charge in [0.15, 0.2) is 0 Å². The lowest BCUT2D eigenvalue weighted by atomic mass is 10.2. The number of hydrogen-bond donors (Lipinski definition) is 1. The Hall–Kier alpha value is -2.90. The fraction of sp³-hybridized carbons (Fsp3) is 0.412. The van der Waals surface area contributed by atoms with Crippen molar-refractivity contribution in [3.8, 4) is 0 Å². The smallest absolute Gasteiger partial charge is 0.331 e. The average molecular weight is 343 g/mol. The van der Waals surface area contributed by atoms with Gasteiger partial charge in [-0.05, 0) is 30.5 Å². The summed E-state index contributed by atoms with van der Waals surface area (Å²) in [7, 11) is 1.38. The highest BCUT2D eigenvalue weighted by Crippen LogP contribution is 2.18. The SMILES string of the molecule is Cn1c(=O)ccn(CC(=O)NCc2ccnc(N3CCCC3)c2)c1=O. The van der Waals surface area contributed by atoms with Gasteiger partial charge < -0.3 is 10.2 Å². The quantitative estimate of drug-likeness (QED) is 0.816. The molecular weight excluding hydrogens is 322 g/mol. The highest BCUT2D eigenvalue weighted by Gasteiger charge is 2.14. The van der Waals surface area contributed by atoms with Crippen molar-refractivity contribution in [3.05, 3.63) is 57.0 Å². The molecule has 132 valence electrons. The topological polar surface area (TPSA) is 89.2 Å². The Morgan fingerprint density at radius 3 is 2.76 bits per heavy atom. The first-order valence-corrected chi connectivity index (χ1v) is 8.27. The molecule has 1 N–H and O–H groups in total. The molecule has 1 saturated heterocycles. The second-order valence-electron chi connectivity index (χ2n) is 6.12. The van der Waals surface area contributed by atoms with E-state index in [1.54, 1.807) is 6.20 Å². The van der Waals surface area contributed by atoms with Crippen LogP contribution in [-0.2, 0) is 24.9 Å². The number of carbonyl (C=O) groups is 1. The summed E-state index contributed by atoms with van der Waals surface area (Å²) in [6, 6.07) is 5.10. The average Bonchev–Trinajstić information content (AvgIpc) is 3.15. The van der Waals surface area contributed by atoms with Crippen molar-refractivity contribution in [2.45, 2.75) is 25.9 Å². The largest absolute Gasteiger partial charge is 0.357 e. The molecule has 0 unspecified atom stereocenters. The van der Waals surface area contributed by atoms with E-state index in [-0.39, 0.29) is 12.5 Å². The van der Waals surface area contributed by atoms with Crippen LogP contribution in [0, 0.1) is 0 Å². The van der Waals surface area contributed by atoms with E-state index < -0.39 is 11.2 Å². The number of nitrogens with zero attached hydrogens (tertiary/aromatic N) is 4. The molecule has 25 heavy (non-hydrogen) atoms. The zero-order chi connectivity index (χ0) is 17.8. The van der Waals surface area contributed by atoms with E-state index in [1.165, 1.54) is 36.7 Å². The van der Waals surface area contributed by atoms with E-state index in [0.717, 1.165) is 29.0 Å². The normalized spacial score (nSPS) is 13.9. The third kappa shape index (κ3) is 3.96. The van der Waals surface area contributed by atoms with Crippen LogP contribution < -0.4 is 21.5 Å². The van der Waals surface area contributed by atoms with E-state index in [9.17, 15) is 14.4 Å². The molecule has 8 heteroatoms. The van der Waals surface area contributed by atoms with Crippen molar-refractivity contribution in [1.82, 2.24) is 19.4 Å². The Bertz CT molecular complexity index is 880. The Morgan fingerprint density at radius 1 is 1.24 bits per heavy atom. The first-order chi connectivity index (χ1) is 12.0. The van der Waals surface area contributed by atoms with Crippen LogP contribution in [-0.4, -0.2) is 33.1 Å². The number of pyridine rings is 1. The van der Waals surface area contributed by atoms with E-state index >= 15 is 0 Å². The number of carbonyl (C=O) groups excluding carboxylic acids is 1. The molecule has 0 radical (unpaired) electrons. The summed E-state index contributed by atoms with van der Waals surface area (Å²) >= 11 is 0. The van der Waals surface area contributed by atoms with Gasteiger partial charge in [0.05, 0.1) is 0 Å². The van der Waals surface area contributed by atoms with Gasteiger partial charge in [-0.2, -0.15) is 0 Å². The maximum atomic E-state index is 12.1. The van der Waals surface area contributed by atoms with E-state index in [4.69, 9.17) is 0 Å². The molecule has 0 saturated carbocycles. The molecule has 0 aliphatic carbocycles. The summed E-state index contributed by atoms with van der Waals surface area (Å²) in [5.74, 6) is 0.638. The maximum Gasteiger partial charge on any atom is 0.331 e. The second kappa shape index (κ2) is 7.33. The van der Waals surface area contributed by atoms with E-state index in [2.05, 4.69) is 15.2 Å². The fourth-order valence-electron chi connectivity index (χ4n) is 2.84. The van der Waals surface area contributed by atoms with Gasteiger partial charge in [-0.1, -0.05) is 0 Å². The molecule has 3 heterocycles. The van der Waals surface area contributed by atoms with Gasteiger partial charge in [0.1, 0.15) is 12.4 Å². The first kappa shape index (κ1) is 16.9. The van der Waals surface area contributed by atoms with Crippen molar-refractivity contribution in [2.75, 3.05) is 18.0 Å². The van der Waals surface area contributed by atoms with Crippen molar-refractivity contribution >= 4 is 11.7 Å². The van der Waals surface area contributed by atoms with Gasteiger partial charge in [0, 0.05) is 45.1 Å². The number of nitrogens with one attached hydrogen (secondary N) is 1. The Labute approximate surface area is 144 Å². The fourth-order valence-corrected chi connectivity index (χ4v) is 2.84. The molecule has 1 amide bonds. The monoisotopic (exact) mass is 343 g/mol. The zero-order valence-electron chi connectivity index (χ0n) is 14.1. The van der Waals surface area contributed by atoms with Crippen LogP contribution in [0.1, 0.15) is 18.4 Å². The lowest BCUT2D eigenvalue weighted by Gasteiger charge is -2.17. The van der Waals surface area contributed by atoms with Gasteiger partial charge in [-0.15, -0.1) is 0 Å². The van der Waals surface area contributed by atoms with E-state index in [1.807, 2.05) is 12.1 Å². The molecule has 1 aliphatic heterocycles.